The largest absolute Gasteiger partial charge is 0.489 e. The van der Waals surface area contributed by atoms with Crippen molar-refractivity contribution in [1.29, 1.82) is 0 Å². The van der Waals surface area contributed by atoms with E-state index in [1.54, 1.807) is 24.9 Å². The normalized spacial score (nSPS) is 12.7. The van der Waals surface area contributed by atoms with Gasteiger partial charge in [-0.3, -0.25) is 4.98 Å². The summed E-state index contributed by atoms with van der Waals surface area (Å²) in [5.74, 6) is 0.665. The summed E-state index contributed by atoms with van der Waals surface area (Å²) in [5, 5.41) is 10.5. The summed E-state index contributed by atoms with van der Waals surface area (Å²) in [4.78, 5) is 8.24. The van der Waals surface area contributed by atoms with E-state index < -0.39 is 6.10 Å². The smallest absolute Gasteiger partial charge is 0.138 e. The number of hydrogen-bond acceptors (Lipinski definition) is 4. The molecule has 0 radical (unpaired) electrons. The number of ether oxygens (including phenoxy) is 1. The molecule has 5 heteroatoms. The van der Waals surface area contributed by atoms with E-state index in [0.29, 0.717) is 11.3 Å². The number of rotatable bonds is 6. The lowest BCUT2D eigenvalue weighted by atomic mass is 10.1. The van der Waals surface area contributed by atoms with Crippen LogP contribution < -0.4 is 4.74 Å². The van der Waals surface area contributed by atoms with E-state index in [2.05, 4.69) is 16.9 Å². The average molecular weight is 275 g/mol. The average Bonchev–Trinajstić information content (AvgIpc) is 2.86. The molecule has 20 heavy (non-hydrogen) atoms. The molecular formula is C15H21N3O2. The Bertz CT molecular complexity index is 552. The Kier molecular flexibility index (Phi) is 4.74. The molecular weight excluding hydrogens is 254 g/mol. The Morgan fingerprint density at radius 2 is 2.05 bits per heavy atom. The highest BCUT2D eigenvalue weighted by Gasteiger charge is 2.16. The first-order valence-corrected chi connectivity index (χ1v) is 6.91. The zero-order valence-electron chi connectivity index (χ0n) is 12.2. The van der Waals surface area contributed by atoms with Crippen molar-refractivity contribution in [3.63, 3.8) is 0 Å². The molecule has 0 amide bonds. The van der Waals surface area contributed by atoms with Crippen LogP contribution in [0.25, 0.3) is 0 Å². The number of nitrogens with zero attached hydrogens (tertiary/aromatic N) is 3. The topological polar surface area (TPSA) is 60.2 Å². The quantitative estimate of drug-likeness (QED) is 0.880. The molecule has 0 aliphatic carbocycles. The van der Waals surface area contributed by atoms with Crippen molar-refractivity contribution >= 4 is 0 Å². The van der Waals surface area contributed by atoms with Crippen molar-refractivity contribution in [2.75, 3.05) is 0 Å². The van der Waals surface area contributed by atoms with Gasteiger partial charge in [0.1, 0.15) is 11.9 Å². The highest BCUT2D eigenvalue weighted by Crippen LogP contribution is 2.24. The molecule has 0 saturated heterocycles. The van der Waals surface area contributed by atoms with E-state index in [1.165, 1.54) is 0 Å². The van der Waals surface area contributed by atoms with Crippen molar-refractivity contribution < 1.29 is 9.84 Å². The Hall–Kier alpha value is -1.88. The van der Waals surface area contributed by atoms with Crippen molar-refractivity contribution in [3.8, 4) is 5.75 Å². The van der Waals surface area contributed by atoms with Gasteiger partial charge in [-0.15, -0.1) is 0 Å². The molecule has 0 bridgehead atoms. The van der Waals surface area contributed by atoms with Crippen LogP contribution in [-0.4, -0.2) is 25.7 Å². The predicted octanol–water partition coefficient (Wildman–Crippen LogP) is 2.56. The summed E-state index contributed by atoms with van der Waals surface area (Å²) in [5.41, 5.74) is 1.48. The lowest BCUT2D eigenvalue weighted by Crippen LogP contribution is -2.10. The molecule has 0 saturated carbocycles. The molecule has 108 valence electrons. The van der Waals surface area contributed by atoms with Gasteiger partial charge in [0.05, 0.1) is 30.5 Å². The fourth-order valence-electron chi connectivity index (χ4n) is 2.08. The second kappa shape index (κ2) is 6.52. The molecule has 1 N–H and O–H groups in total. The predicted molar refractivity (Wildman–Crippen MR) is 76.6 cm³/mol. The maximum absolute atomic E-state index is 10.5. The molecule has 0 aliphatic rings. The maximum Gasteiger partial charge on any atom is 0.138 e. The molecule has 2 rings (SSSR count). The van der Waals surface area contributed by atoms with E-state index in [1.807, 2.05) is 24.5 Å². The van der Waals surface area contributed by atoms with Crippen LogP contribution in [0.1, 0.15) is 44.6 Å². The third kappa shape index (κ3) is 3.36. The Morgan fingerprint density at radius 3 is 2.75 bits per heavy atom. The van der Waals surface area contributed by atoms with Crippen molar-refractivity contribution in [1.82, 2.24) is 14.5 Å². The lowest BCUT2D eigenvalue weighted by molar-refractivity contribution is 0.206. The second-order valence-corrected chi connectivity index (χ2v) is 5.04. The number of aliphatic hydroxyl groups is 1. The maximum atomic E-state index is 10.5. The minimum absolute atomic E-state index is 0.0785. The minimum Gasteiger partial charge on any atom is -0.489 e. The van der Waals surface area contributed by atoms with Crippen molar-refractivity contribution in [2.24, 2.45) is 0 Å². The molecule has 1 unspecified atom stereocenters. The van der Waals surface area contributed by atoms with Gasteiger partial charge in [0, 0.05) is 18.3 Å². The SMILES string of the molecule is CCCn1cncc1C(O)c1cncc(OC(C)C)c1. The molecule has 2 aromatic rings. The molecule has 2 aromatic heterocycles. The molecule has 0 spiro atoms. The fraction of sp³-hybridized carbons (Fsp3) is 0.467. The van der Waals surface area contributed by atoms with Crippen LogP contribution in [0.5, 0.6) is 5.75 Å². The van der Waals surface area contributed by atoms with Gasteiger partial charge in [-0.2, -0.15) is 0 Å². The van der Waals surface area contributed by atoms with E-state index >= 15 is 0 Å². The summed E-state index contributed by atoms with van der Waals surface area (Å²) < 4.78 is 7.56. The molecule has 1 atom stereocenters. The van der Waals surface area contributed by atoms with Crippen LogP contribution in [0.2, 0.25) is 0 Å². The van der Waals surface area contributed by atoms with E-state index in [4.69, 9.17) is 4.74 Å². The van der Waals surface area contributed by atoms with Crippen molar-refractivity contribution in [3.05, 3.63) is 42.2 Å². The minimum atomic E-state index is -0.743. The molecule has 0 fully saturated rings. The number of pyridine rings is 1. The first-order chi connectivity index (χ1) is 9.61. The van der Waals surface area contributed by atoms with Gasteiger partial charge in [-0.25, -0.2) is 4.98 Å². The zero-order chi connectivity index (χ0) is 14.5. The summed E-state index contributed by atoms with van der Waals surface area (Å²) in [6.07, 6.45) is 7.06. The third-order valence-corrected chi connectivity index (χ3v) is 2.91. The second-order valence-electron chi connectivity index (χ2n) is 5.04. The molecule has 5 nitrogen and oxygen atoms in total. The Labute approximate surface area is 119 Å². The van der Waals surface area contributed by atoms with E-state index in [9.17, 15) is 5.11 Å². The van der Waals surface area contributed by atoms with E-state index in [0.717, 1.165) is 18.7 Å². The van der Waals surface area contributed by atoms with Crippen LogP contribution in [0.4, 0.5) is 0 Å². The van der Waals surface area contributed by atoms with Crippen molar-refractivity contribution in [2.45, 2.75) is 45.9 Å². The number of aromatic nitrogens is 3. The van der Waals surface area contributed by atoms with E-state index in [-0.39, 0.29) is 6.10 Å². The first kappa shape index (κ1) is 14.5. The highest BCUT2D eigenvalue weighted by atomic mass is 16.5. The van der Waals surface area contributed by atoms with Crippen LogP contribution in [0.15, 0.2) is 31.0 Å². The van der Waals surface area contributed by atoms with Gasteiger partial charge in [0.25, 0.3) is 0 Å². The number of hydrogen-bond donors (Lipinski definition) is 1. The van der Waals surface area contributed by atoms with Gasteiger partial charge >= 0.3 is 0 Å². The number of aryl methyl sites for hydroxylation is 1. The summed E-state index contributed by atoms with van der Waals surface area (Å²) in [6.45, 7) is 6.84. The zero-order valence-corrected chi connectivity index (χ0v) is 12.2. The monoisotopic (exact) mass is 275 g/mol. The lowest BCUT2D eigenvalue weighted by Gasteiger charge is -2.15. The van der Waals surface area contributed by atoms with Crippen LogP contribution in [0, 0.1) is 0 Å². The first-order valence-electron chi connectivity index (χ1n) is 6.91. The number of imidazole rings is 1. The third-order valence-electron chi connectivity index (χ3n) is 2.91. The molecule has 0 aliphatic heterocycles. The standard InChI is InChI=1S/C15H21N3O2/c1-4-5-18-10-17-9-14(18)15(19)12-6-13(8-16-7-12)20-11(2)3/h6-11,15,19H,4-5H2,1-3H3. The highest BCUT2D eigenvalue weighted by molar-refractivity contribution is 5.29. The van der Waals surface area contributed by atoms with Crippen LogP contribution in [-0.2, 0) is 6.54 Å². The van der Waals surface area contributed by atoms with Gasteiger partial charge in [0.2, 0.25) is 0 Å². The van der Waals surface area contributed by atoms with Gasteiger partial charge < -0.3 is 14.4 Å². The van der Waals surface area contributed by atoms with Crippen LogP contribution >= 0.6 is 0 Å². The summed E-state index contributed by atoms with van der Waals surface area (Å²) in [6, 6.07) is 1.82. The molecule has 0 aromatic carbocycles. The Balaban J connectivity index is 2.23. The van der Waals surface area contributed by atoms with Gasteiger partial charge in [-0.05, 0) is 26.3 Å². The van der Waals surface area contributed by atoms with Gasteiger partial charge in [0.15, 0.2) is 0 Å². The van der Waals surface area contributed by atoms with Gasteiger partial charge in [-0.1, -0.05) is 6.92 Å². The molecule has 2 heterocycles. The fourth-order valence-corrected chi connectivity index (χ4v) is 2.08. The summed E-state index contributed by atoms with van der Waals surface area (Å²) >= 11 is 0. The summed E-state index contributed by atoms with van der Waals surface area (Å²) in [7, 11) is 0. The van der Waals surface area contributed by atoms with Crippen LogP contribution in [0.3, 0.4) is 0 Å². The Morgan fingerprint density at radius 1 is 1.25 bits per heavy atom. The number of aliphatic hydroxyl groups excluding tert-OH is 1.